The summed E-state index contributed by atoms with van der Waals surface area (Å²) < 4.78 is 0. The minimum atomic E-state index is -1.14. The van der Waals surface area contributed by atoms with E-state index in [0.29, 0.717) is 12.2 Å². The summed E-state index contributed by atoms with van der Waals surface area (Å²) in [7, 11) is 0. The number of aliphatic carboxylic acids is 1. The van der Waals surface area contributed by atoms with Gasteiger partial charge in [-0.3, -0.25) is 9.69 Å². The molecule has 0 spiro atoms. The highest BCUT2D eigenvalue weighted by molar-refractivity contribution is 5.96. The Morgan fingerprint density at radius 1 is 1.30 bits per heavy atom. The Morgan fingerprint density at radius 2 is 1.90 bits per heavy atom. The molecule has 0 aliphatic heterocycles. The van der Waals surface area contributed by atoms with Gasteiger partial charge in [0.15, 0.2) is 0 Å². The highest BCUT2D eigenvalue weighted by atomic mass is 16.4. The average molecular weight is 276 g/mol. The molecule has 2 N–H and O–H groups in total. The second kappa shape index (κ2) is 7.04. The summed E-state index contributed by atoms with van der Waals surface area (Å²) in [5.74, 6) is 1.26. The van der Waals surface area contributed by atoms with Crippen LogP contribution in [0.15, 0.2) is 24.3 Å². The number of phenolic OH excluding ortho intramolecular Hbond substituents is 1. The van der Waals surface area contributed by atoms with E-state index in [1.807, 2.05) is 0 Å². The van der Waals surface area contributed by atoms with Gasteiger partial charge in [-0.1, -0.05) is 5.92 Å². The van der Waals surface area contributed by atoms with Crippen LogP contribution in [0.4, 0.5) is 10.5 Å². The van der Waals surface area contributed by atoms with Crippen molar-refractivity contribution in [1.82, 2.24) is 4.90 Å². The first kappa shape index (κ1) is 15.4. The van der Waals surface area contributed by atoms with E-state index in [2.05, 4.69) is 5.92 Å². The zero-order chi connectivity index (χ0) is 15.1. The van der Waals surface area contributed by atoms with E-state index in [4.69, 9.17) is 11.5 Å². The van der Waals surface area contributed by atoms with Gasteiger partial charge in [-0.25, -0.2) is 4.79 Å². The van der Waals surface area contributed by atoms with Gasteiger partial charge in [-0.05, 0) is 31.2 Å². The van der Waals surface area contributed by atoms with Gasteiger partial charge >= 0.3 is 12.0 Å². The molecule has 1 rings (SSSR count). The number of amides is 2. The molecule has 0 aliphatic rings. The number of carbonyl (C=O) groups excluding carboxylic acids is 1. The molecule has 0 saturated carbocycles. The highest BCUT2D eigenvalue weighted by Gasteiger charge is 2.23. The number of nitrogens with zero attached hydrogens (tertiary/aromatic N) is 2. The van der Waals surface area contributed by atoms with E-state index in [1.165, 1.54) is 29.2 Å². The Hall–Kier alpha value is -2.68. The van der Waals surface area contributed by atoms with Crippen LogP contribution in [-0.4, -0.2) is 46.7 Å². The maximum atomic E-state index is 12.3. The normalized spacial score (nSPS) is 9.60. The quantitative estimate of drug-likeness (QED) is 0.796. The number of terminal acetylenes is 1. The van der Waals surface area contributed by atoms with Crippen LogP contribution in [-0.2, 0) is 4.79 Å². The first-order valence-corrected chi connectivity index (χ1v) is 6.00. The zero-order valence-electron chi connectivity index (χ0n) is 11.1. The molecule has 0 aliphatic carbocycles. The molecule has 0 saturated heterocycles. The summed E-state index contributed by atoms with van der Waals surface area (Å²) >= 11 is 0. The molecule has 6 heteroatoms. The molecule has 1 aromatic carbocycles. The van der Waals surface area contributed by atoms with Crippen molar-refractivity contribution in [3.8, 4) is 18.1 Å². The number of aromatic hydroxyl groups is 1. The van der Waals surface area contributed by atoms with Crippen molar-refractivity contribution in [3.63, 3.8) is 0 Å². The van der Waals surface area contributed by atoms with Gasteiger partial charge in [0, 0.05) is 12.2 Å². The van der Waals surface area contributed by atoms with Crippen LogP contribution in [0.5, 0.6) is 5.75 Å². The maximum absolute atomic E-state index is 12.3. The number of carboxylic acids is 1. The van der Waals surface area contributed by atoms with Crippen LogP contribution in [0, 0.1) is 12.3 Å². The number of carbonyl (C=O) groups is 2. The van der Waals surface area contributed by atoms with Crippen molar-refractivity contribution in [3.05, 3.63) is 24.3 Å². The second-order valence-electron chi connectivity index (χ2n) is 4.00. The lowest BCUT2D eigenvalue weighted by Crippen LogP contribution is -2.45. The molecule has 0 heterocycles. The molecule has 0 bridgehead atoms. The number of rotatable bonds is 5. The zero-order valence-corrected chi connectivity index (χ0v) is 11.1. The molecule has 106 valence electrons. The van der Waals surface area contributed by atoms with E-state index in [9.17, 15) is 14.7 Å². The molecule has 2 amide bonds. The Balaban J connectivity index is 3.05. The van der Waals surface area contributed by atoms with Crippen molar-refractivity contribution in [2.24, 2.45) is 0 Å². The molecular formula is C14H16N2O4. The number of hydrogen-bond acceptors (Lipinski definition) is 3. The topological polar surface area (TPSA) is 81.1 Å². The average Bonchev–Trinajstić information content (AvgIpc) is 2.42. The summed E-state index contributed by atoms with van der Waals surface area (Å²) in [6.45, 7) is 1.75. The molecule has 0 radical (unpaired) electrons. The number of benzene rings is 1. The smallest absolute Gasteiger partial charge is 0.325 e. The Labute approximate surface area is 117 Å². The lowest BCUT2D eigenvalue weighted by Gasteiger charge is -2.27. The maximum Gasteiger partial charge on any atom is 0.325 e. The van der Waals surface area contributed by atoms with Crippen LogP contribution < -0.4 is 4.90 Å². The largest absolute Gasteiger partial charge is 0.508 e. The third-order valence-corrected chi connectivity index (χ3v) is 2.62. The monoisotopic (exact) mass is 276 g/mol. The standard InChI is InChI=1S/C14H16N2O4/c1-3-9-15(4-2)14(20)16(10-13(18)19)11-5-7-12(17)8-6-11/h1,5-8,17H,4,9-10H2,2H3,(H,18,19). The van der Waals surface area contributed by atoms with Gasteiger partial charge in [0.25, 0.3) is 0 Å². The van der Waals surface area contributed by atoms with Gasteiger partial charge in [0.1, 0.15) is 12.3 Å². The third kappa shape index (κ3) is 3.92. The van der Waals surface area contributed by atoms with Gasteiger partial charge in [0.2, 0.25) is 0 Å². The fraction of sp³-hybridized carbons (Fsp3) is 0.286. The van der Waals surface area contributed by atoms with Crippen molar-refractivity contribution in [1.29, 1.82) is 0 Å². The van der Waals surface area contributed by atoms with Crippen molar-refractivity contribution < 1.29 is 19.8 Å². The predicted octanol–water partition coefficient (Wildman–Crippen LogP) is 1.36. The number of urea groups is 1. The van der Waals surface area contributed by atoms with Crippen LogP contribution in [0.3, 0.4) is 0 Å². The van der Waals surface area contributed by atoms with E-state index in [0.717, 1.165) is 4.90 Å². The van der Waals surface area contributed by atoms with E-state index in [-0.39, 0.29) is 12.3 Å². The van der Waals surface area contributed by atoms with Gasteiger partial charge in [0.05, 0.1) is 6.54 Å². The van der Waals surface area contributed by atoms with E-state index in [1.54, 1.807) is 6.92 Å². The van der Waals surface area contributed by atoms with Crippen molar-refractivity contribution in [2.45, 2.75) is 6.92 Å². The number of carboxylic acid groups (broad SMARTS) is 1. The molecule has 6 nitrogen and oxygen atoms in total. The molecule has 1 aromatic rings. The molecule has 0 aromatic heterocycles. The molecular weight excluding hydrogens is 260 g/mol. The molecule has 0 unspecified atom stereocenters. The lowest BCUT2D eigenvalue weighted by molar-refractivity contribution is -0.135. The fourth-order valence-electron chi connectivity index (χ4n) is 1.63. The SMILES string of the molecule is C#CCN(CC)C(=O)N(CC(=O)O)c1ccc(O)cc1. The minimum absolute atomic E-state index is 0.0347. The molecule has 20 heavy (non-hydrogen) atoms. The summed E-state index contributed by atoms with van der Waals surface area (Å²) in [6, 6.07) is 5.22. The predicted molar refractivity (Wildman–Crippen MR) is 74.6 cm³/mol. The van der Waals surface area contributed by atoms with Gasteiger partial charge < -0.3 is 15.1 Å². The summed E-state index contributed by atoms with van der Waals surface area (Å²) in [6.07, 6.45) is 5.19. The lowest BCUT2D eigenvalue weighted by atomic mass is 10.2. The molecule has 0 fully saturated rings. The Morgan fingerprint density at radius 3 is 2.35 bits per heavy atom. The van der Waals surface area contributed by atoms with Crippen LogP contribution in [0.2, 0.25) is 0 Å². The van der Waals surface area contributed by atoms with E-state index < -0.39 is 18.5 Å². The van der Waals surface area contributed by atoms with E-state index >= 15 is 0 Å². The fourth-order valence-corrected chi connectivity index (χ4v) is 1.63. The highest BCUT2D eigenvalue weighted by Crippen LogP contribution is 2.19. The Bertz CT molecular complexity index is 519. The second-order valence-corrected chi connectivity index (χ2v) is 4.00. The van der Waals surface area contributed by atoms with Gasteiger partial charge in [-0.2, -0.15) is 0 Å². The first-order valence-electron chi connectivity index (χ1n) is 6.00. The van der Waals surface area contributed by atoms with Crippen LogP contribution >= 0.6 is 0 Å². The van der Waals surface area contributed by atoms with Crippen LogP contribution in [0.1, 0.15) is 6.92 Å². The Kier molecular flexibility index (Phi) is 5.42. The summed E-state index contributed by atoms with van der Waals surface area (Å²) in [4.78, 5) is 25.7. The summed E-state index contributed by atoms with van der Waals surface area (Å²) in [5, 5.41) is 18.2. The number of hydrogen-bond donors (Lipinski definition) is 2. The first-order chi connectivity index (χ1) is 9.49. The van der Waals surface area contributed by atoms with Gasteiger partial charge in [-0.15, -0.1) is 6.42 Å². The number of phenols is 1. The van der Waals surface area contributed by atoms with Crippen molar-refractivity contribution >= 4 is 17.7 Å². The van der Waals surface area contributed by atoms with Crippen LogP contribution in [0.25, 0.3) is 0 Å². The third-order valence-electron chi connectivity index (χ3n) is 2.62. The summed E-state index contributed by atoms with van der Waals surface area (Å²) in [5.41, 5.74) is 0.380. The molecule has 0 atom stereocenters. The number of anilines is 1. The van der Waals surface area contributed by atoms with Crippen molar-refractivity contribution in [2.75, 3.05) is 24.5 Å². The minimum Gasteiger partial charge on any atom is -0.508 e.